The van der Waals surface area contributed by atoms with Crippen molar-refractivity contribution in [2.75, 3.05) is 21.3 Å². The van der Waals surface area contributed by atoms with Crippen LogP contribution in [0.5, 0.6) is 0 Å². The lowest BCUT2D eigenvalue weighted by Gasteiger charge is -2.18. The Morgan fingerprint density at radius 3 is 2.00 bits per heavy atom. The zero-order valence-corrected chi connectivity index (χ0v) is 12.8. The fourth-order valence-corrected chi connectivity index (χ4v) is 1.36. The second-order valence-electron chi connectivity index (χ2n) is 4.36. The Balaban J connectivity index is 5.15. The SMILES string of the molecule is COC(=O)/C=C/C(=C/N[C@H](C(=O)OC)C(C)C)C(=O)OC. The average Bonchev–Trinajstić information content (AvgIpc) is 2.48. The van der Waals surface area contributed by atoms with E-state index in [0.717, 1.165) is 6.08 Å². The lowest BCUT2D eigenvalue weighted by Crippen LogP contribution is -2.39. The molecule has 0 aliphatic rings. The van der Waals surface area contributed by atoms with E-state index < -0.39 is 23.9 Å². The maximum Gasteiger partial charge on any atom is 0.339 e. The summed E-state index contributed by atoms with van der Waals surface area (Å²) in [6, 6.07) is -0.624. The summed E-state index contributed by atoms with van der Waals surface area (Å²) in [4.78, 5) is 34.2. The highest BCUT2D eigenvalue weighted by Gasteiger charge is 2.22. The highest BCUT2D eigenvalue weighted by molar-refractivity contribution is 5.94. The van der Waals surface area contributed by atoms with Gasteiger partial charge in [-0.2, -0.15) is 0 Å². The minimum Gasteiger partial charge on any atom is -0.467 e. The molecule has 0 fully saturated rings. The van der Waals surface area contributed by atoms with Crippen molar-refractivity contribution in [2.24, 2.45) is 5.92 Å². The zero-order valence-electron chi connectivity index (χ0n) is 12.8. The third kappa shape index (κ3) is 6.60. The number of carbonyl (C=O) groups is 3. The van der Waals surface area contributed by atoms with Gasteiger partial charge in [-0.15, -0.1) is 0 Å². The molecule has 118 valence electrons. The van der Waals surface area contributed by atoms with E-state index in [0.29, 0.717) is 0 Å². The van der Waals surface area contributed by atoms with E-state index >= 15 is 0 Å². The molecular weight excluding hydrogens is 278 g/mol. The van der Waals surface area contributed by atoms with Crippen molar-refractivity contribution in [3.63, 3.8) is 0 Å². The van der Waals surface area contributed by atoms with Crippen LogP contribution >= 0.6 is 0 Å². The van der Waals surface area contributed by atoms with Crippen molar-refractivity contribution in [3.8, 4) is 0 Å². The number of hydrogen-bond donors (Lipinski definition) is 1. The molecule has 0 amide bonds. The molecule has 0 aliphatic carbocycles. The number of methoxy groups -OCH3 is 3. The molecule has 21 heavy (non-hydrogen) atoms. The summed E-state index contributed by atoms with van der Waals surface area (Å²) in [5, 5.41) is 2.79. The van der Waals surface area contributed by atoms with Gasteiger partial charge in [0.05, 0.1) is 26.9 Å². The molecule has 0 bridgehead atoms. The van der Waals surface area contributed by atoms with E-state index in [1.165, 1.54) is 33.6 Å². The van der Waals surface area contributed by atoms with Crippen molar-refractivity contribution < 1.29 is 28.6 Å². The summed E-state index contributed by atoms with van der Waals surface area (Å²) in [7, 11) is 3.71. The average molecular weight is 299 g/mol. The van der Waals surface area contributed by atoms with Crippen molar-refractivity contribution in [3.05, 3.63) is 23.9 Å². The van der Waals surface area contributed by atoms with E-state index in [9.17, 15) is 14.4 Å². The standard InChI is InChI=1S/C14H21NO6/c1-9(2)12(14(18)21-5)15-8-10(13(17)20-4)6-7-11(16)19-3/h6-9,12,15H,1-5H3/b7-6+,10-8-/t12-/m0/s1. The van der Waals surface area contributed by atoms with Gasteiger partial charge in [-0.3, -0.25) is 0 Å². The lowest BCUT2D eigenvalue weighted by atomic mass is 10.0. The first-order valence-electron chi connectivity index (χ1n) is 6.25. The van der Waals surface area contributed by atoms with Crippen LogP contribution in [-0.2, 0) is 28.6 Å². The first-order valence-corrected chi connectivity index (χ1v) is 6.25. The monoisotopic (exact) mass is 299 g/mol. The molecule has 0 saturated heterocycles. The molecule has 0 aromatic heterocycles. The second-order valence-corrected chi connectivity index (χ2v) is 4.36. The molecule has 0 aromatic rings. The van der Waals surface area contributed by atoms with Gasteiger partial charge < -0.3 is 19.5 Å². The van der Waals surface area contributed by atoms with Crippen molar-refractivity contribution in [1.82, 2.24) is 5.32 Å². The van der Waals surface area contributed by atoms with E-state index in [4.69, 9.17) is 0 Å². The van der Waals surface area contributed by atoms with Gasteiger partial charge >= 0.3 is 17.9 Å². The molecule has 0 unspecified atom stereocenters. The van der Waals surface area contributed by atoms with Crippen LogP contribution in [0, 0.1) is 5.92 Å². The third-order valence-corrected chi connectivity index (χ3v) is 2.56. The van der Waals surface area contributed by atoms with Gasteiger partial charge in [0.2, 0.25) is 0 Å². The zero-order chi connectivity index (χ0) is 16.4. The molecule has 0 radical (unpaired) electrons. The Bertz CT molecular complexity index is 439. The van der Waals surface area contributed by atoms with Crippen molar-refractivity contribution in [2.45, 2.75) is 19.9 Å². The summed E-state index contributed by atoms with van der Waals surface area (Å²) >= 11 is 0. The minimum absolute atomic E-state index is 0.0582. The molecule has 1 atom stereocenters. The molecule has 7 nitrogen and oxygen atoms in total. The fraction of sp³-hybridized carbons (Fsp3) is 0.500. The highest BCUT2D eigenvalue weighted by Crippen LogP contribution is 2.06. The first-order chi connectivity index (χ1) is 9.87. The van der Waals surface area contributed by atoms with Crippen LogP contribution in [-0.4, -0.2) is 45.3 Å². The van der Waals surface area contributed by atoms with Crippen LogP contribution in [0.25, 0.3) is 0 Å². The Labute approximate surface area is 123 Å². The van der Waals surface area contributed by atoms with E-state index in [2.05, 4.69) is 19.5 Å². The third-order valence-electron chi connectivity index (χ3n) is 2.56. The first kappa shape index (κ1) is 18.7. The molecule has 1 N–H and O–H groups in total. The maximum atomic E-state index is 11.6. The summed E-state index contributed by atoms with van der Waals surface area (Å²) in [6.45, 7) is 3.65. The molecule has 0 spiro atoms. The fourth-order valence-electron chi connectivity index (χ4n) is 1.36. The van der Waals surface area contributed by atoms with Gasteiger partial charge in [0, 0.05) is 12.3 Å². The van der Waals surface area contributed by atoms with Crippen LogP contribution in [0.1, 0.15) is 13.8 Å². The van der Waals surface area contributed by atoms with Crippen LogP contribution < -0.4 is 5.32 Å². The molecular formula is C14H21NO6. The molecule has 0 heterocycles. The summed E-state index contributed by atoms with van der Waals surface area (Å²) < 4.78 is 13.7. The molecule has 0 aromatic carbocycles. The van der Waals surface area contributed by atoms with Crippen molar-refractivity contribution in [1.29, 1.82) is 0 Å². The van der Waals surface area contributed by atoms with Gasteiger partial charge in [-0.1, -0.05) is 13.8 Å². The molecule has 0 rings (SSSR count). The predicted octanol–water partition coefficient (Wildman–Crippen LogP) is 0.560. The number of nitrogens with one attached hydrogen (secondary N) is 1. The Hall–Kier alpha value is -2.31. The normalized spacial score (nSPS) is 13.0. The lowest BCUT2D eigenvalue weighted by molar-refractivity contribution is -0.144. The molecule has 0 saturated carbocycles. The molecule has 0 aliphatic heterocycles. The summed E-state index contributed by atoms with van der Waals surface area (Å²) in [5.41, 5.74) is 0.0671. The smallest absolute Gasteiger partial charge is 0.339 e. The van der Waals surface area contributed by atoms with E-state index in [1.807, 2.05) is 13.8 Å². The van der Waals surface area contributed by atoms with Gasteiger partial charge in [-0.05, 0) is 12.0 Å². The molecule has 7 heteroatoms. The van der Waals surface area contributed by atoms with Gasteiger partial charge in [0.15, 0.2) is 0 Å². The summed E-state index contributed by atoms with van der Waals surface area (Å²) in [5.74, 6) is -1.78. The van der Waals surface area contributed by atoms with Crippen LogP contribution in [0.4, 0.5) is 0 Å². The Kier molecular flexibility index (Phi) is 8.52. The highest BCUT2D eigenvalue weighted by atomic mass is 16.5. The number of rotatable bonds is 7. The van der Waals surface area contributed by atoms with Gasteiger partial charge in [-0.25, -0.2) is 14.4 Å². The van der Waals surface area contributed by atoms with E-state index in [1.54, 1.807) is 0 Å². The van der Waals surface area contributed by atoms with Gasteiger partial charge in [0.25, 0.3) is 0 Å². The van der Waals surface area contributed by atoms with Crippen LogP contribution in [0.3, 0.4) is 0 Å². The number of ether oxygens (including phenoxy) is 3. The number of hydrogen-bond acceptors (Lipinski definition) is 7. The maximum absolute atomic E-state index is 11.6. The quantitative estimate of drug-likeness (QED) is 0.318. The number of carbonyl (C=O) groups excluding carboxylic acids is 3. The predicted molar refractivity (Wildman–Crippen MR) is 75.0 cm³/mol. The minimum atomic E-state index is -0.657. The largest absolute Gasteiger partial charge is 0.467 e. The van der Waals surface area contributed by atoms with Crippen LogP contribution in [0.15, 0.2) is 23.9 Å². The van der Waals surface area contributed by atoms with Crippen LogP contribution in [0.2, 0.25) is 0 Å². The second kappa shape index (κ2) is 9.57. The Morgan fingerprint density at radius 1 is 0.952 bits per heavy atom. The van der Waals surface area contributed by atoms with Crippen molar-refractivity contribution >= 4 is 17.9 Å². The van der Waals surface area contributed by atoms with E-state index in [-0.39, 0.29) is 11.5 Å². The summed E-state index contributed by atoms with van der Waals surface area (Å²) in [6.07, 6.45) is 3.61. The topological polar surface area (TPSA) is 90.9 Å². The Morgan fingerprint density at radius 2 is 1.57 bits per heavy atom. The van der Waals surface area contributed by atoms with Gasteiger partial charge in [0.1, 0.15) is 6.04 Å². The number of esters is 3.